The molecule has 1 saturated heterocycles. The van der Waals surface area contributed by atoms with Crippen molar-refractivity contribution >= 4 is 17.5 Å². The van der Waals surface area contributed by atoms with Gasteiger partial charge in [0.25, 0.3) is 0 Å². The highest BCUT2D eigenvalue weighted by Crippen LogP contribution is 2.19. The number of rotatable bonds is 7. The van der Waals surface area contributed by atoms with Gasteiger partial charge in [-0.25, -0.2) is 0 Å². The second kappa shape index (κ2) is 9.94. The lowest BCUT2D eigenvalue weighted by Gasteiger charge is -2.34. The smallest absolute Gasteiger partial charge is 0.241 e. The quantitative estimate of drug-likeness (QED) is 0.558. The third-order valence-electron chi connectivity index (χ3n) is 5.24. The zero-order chi connectivity index (χ0) is 21.6. The Bertz CT molecular complexity index is 996. The number of hydrogen-bond donors (Lipinski definition) is 0. The Morgan fingerprint density at radius 3 is 2.45 bits per heavy atom. The normalized spacial score (nSPS) is 14.6. The average molecular weight is 441 g/mol. The van der Waals surface area contributed by atoms with Gasteiger partial charge in [-0.3, -0.25) is 9.69 Å². The highest BCUT2D eigenvalue weighted by molar-refractivity contribution is 6.30. The molecule has 0 N–H and O–H groups in total. The standard InChI is InChI=1S/C23H25ClN4O3/c1-2-30-20-9-3-17(4-10-20)15-22(29)28-13-11-27(12-14-28)16-21-25-23(26-31-21)18-5-7-19(24)8-6-18/h3-10H,2,11-16H2,1H3. The fourth-order valence-corrected chi connectivity index (χ4v) is 3.66. The maximum absolute atomic E-state index is 12.7. The summed E-state index contributed by atoms with van der Waals surface area (Å²) in [6.45, 7) is 6.08. The van der Waals surface area contributed by atoms with Gasteiger partial charge < -0.3 is 14.2 Å². The molecule has 2 aromatic carbocycles. The number of aromatic nitrogens is 2. The predicted octanol–water partition coefficient (Wildman–Crippen LogP) is 3.68. The molecule has 3 aromatic rings. The van der Waals surface area contributed by atoms with Crippen LogP contribution in [-0.4, -0.2) is 58.6 Å². The fraction of sp³-hybridized carbons (Fsp3) is 0.348. The Labute approximate surface area is 186 Å². The van der Waals surface area contributed by atoms with E-state index in [2.05, 4.69) is 15.0 Å². The Balaban J connectivity index is 1.26. The minimum absolute atomic E-state index is 0.145. The molecule has 0 spiro atoms. The molecule has 1 aromatic heterocycles. The molecule has 8 heteroatoms. The first-order chi connectivity index (χ1) is 15.1. The largest absolute Gasteiger partial charge is 0.494 e. The van der Waals surface area contributed by atoms with Crippen molar-refractivity contribution in [2.45, 2.75) is 19.9 Å². The number of piperazine rings is 1. The summed E-state index contributed by atoms with van der Waals surface area (Å²) in [5, 5.41) is 4.73. The van der Waals surface area contributed by atoms with E-state index in [0.29, 0.717) is 49.4 Å². The maximum atomic E-state index is 12.7. The number of carbonyl (C=O) groups is 1. The van der Waals surface area contributed by atoms with E-state index in [1.165, 1.54) is 0 Å². The molecule has 31 heavy (non-hydrogen) atoms. The lowest BCUT2D eigenvalue weighted by atomic mass is 10.1. The van der Waals surface area contributed by atoms with Crippen LogP contribution in [0.25, 0.3) is 11.4 Å². The van der Waals surface area contributed by atoms with Crippen molar-refractivity contribution in [3.8, 4) is 17.1 Å². The molecular formula is C23H25ClN4O3. The molecule has 2 heterocycles. The van der Waals surface area contributed by atoms with Crippen LogP contribution in [0.15, 0.2) is 53.1 Å². The van der Waals surface area contributed by atoms with E-state index in [1.807, 2.05) is 48.2 Å². The number of halogens is 1. The van der Waals surface area contributed by atoms with E-state index in [1.54, 1.807) is 12.1 Å². The third kappa shape index (κ3) is 5.62. The number of benzene rings is 2. The van der Waals surface area contributed by atoms with Gasteiger partial charge in [-0.2, -0.15) is 4.98 Å². The van der Waals surface area contributed by atoms with E-state index >= 15 is 0 Å². The maximum Gasteiger partial charge on any atom is 0.241 e. The summed E-state index contributed by atoms with van der Waals surface area (Å²) in [5.41, 5.74) is 1.86. The van der Waals surface area contributed by atoms with Crippen LogP contribution in [0.4, 0.5) is 0 Å². The minimum Gasteiger partial charge on any atom is -0.494 e. The van der Waals surface area contributed by atoms with Crippen LogP contribution in [0.2, 0.25) is 5.02 Å². The topological polar surface area (TPSA) is 71.7 Å². The number of amides is 1. The lowest BCUT2D eigenvalue weighted by molar-refractivity contribution is -0.132. The fourth-order valence-electron chi connectivity index (χ4n) is 3.54. The van der Waals surface area contributed by atoms with Crippen molar-refractivity contribution in [3.63, 3.8) is 0 Å². The van der Waals surface area contributed by atoms with E-state index in [0.717, 1.165) is 30.0 Å². The van der Waals surface area contributed by atoms with Crippen LogP contribution in [0, 0.1) is 0 Å². The predicted molar refractivity (Wildman–Crippen MR) is 118 cm³/mol. The van der Waals surface area contributed by atoms with E-state index in [4.69, 9.17) is 20.9 Å². The van der Waals surface area contributed by atoms with E-state index < -0.39 is 0 Å². The molecule has 0 radical (unpaired) electrons. The zero-order valence-electron chi connectivity index (χ0n) is 17.5. The third-order valence-corrected chi connectivity index (χ3v) is 5.50. The van der Waals surface area contributed by atoms with Gasteiger partial charge in [-0.1, -0.05) is 28.9 Å². The van der Waals surface area contributed by atoms with Gasteiger partial charge in [-0.15, -0.1) is 0 Å². The first-order valence-corrected chi connectivity index (χ1v) is 10.8. The second-order valence-corrected chi connectivity index (χ2v) is 7.87. The summed E-state index contributed by atoms with van der Waals surface area (Å²) in [6, 6.07) is 15.1. The summed E-state index contributed by atoms with van der Waals surface area (Å²) in [6.07, 6.45) is 0.403. The highest BCUT2D eigenvalue weighted by Gasteiger charge is 2.22. The summed E-state index contributed by atoms with van der Waals surface area (Å²) in [5.74, 6) is 2.09. The van der Waals surface area contributed by atoms with Crippen molar-refractivity contribution in [1.82, 2.24) is 19.9 Å². The van der Waals surface area contributed by atoms with Gasteiger partial charge in [0, 0.05) is 36.8 Å². The Morgan fingerprint density at radius 1 is 1.06 bits per heavy atom. The molecule has 1 aliphatic rings. The molecule has 4 rings (SSSR count). The van der Waals surface area contributed by atoms with Gasteiger partial charge in [0.1, 0.15) is 5.75 Å². The van der Waals surface area contributed by atoms with Crippen LogP contribution < -0.4 is 4.74 Å². The summed E-state index contributed by atoms with van der Waals surface area (Å²) in [4.78, 5) is 21.3. The summed E-state index contributed by atoms with van der Waals surface area (Å²) >= 11 is 5.93. The van der Waals surface area contributed by atoms with E-state index in [-0.39, 0.29) is 5.91 Å². The van der Waals surface area contributed by atoms with Gasteiger partial charge in [-0.05, 0) is 48.9 Å². The molecule has 0 aliphatic carbocycles. The molecule has 7 nitrogen and oxygen atoms in total. The number of ether oxygens (including phenoxy) is 1. The number of carbonyl (C=O) groups excluding carboxylic acids is 1. The van der Waals surface area contributed by atoms with Gasteiger partial charge >= 0.3 is 0 Å². The monoisotopic (exact) mass is 440 g/mol. The Kier molecular flexibility index (Phi) is 6.84. The SMILES string of the molecule is CCOc1ccc(CC(=O)N2CCN(Cc3nc(-c4ccc(Cl)cc4)no3)CC2)cc1. The molecule has 1 amide bonds. The van der Waals surface area contributed by atoms with Crippen LogP contribution in [0.3, 0.4) is 0 Å². The Morgan fingerprint density at radius 2 is 1.77 bits per heavy atom. The second-order valence-electron chi connectivity index (χ2n) is 7.43. The van der Waals surface area contributed by atoms with Crippen molar-refractivity contribution in [2.24, 2.45) is 0 Å². The zero-order valence-corrected chi connectivity index (χ0v) is 18.2. The molecule has 162 valence electrons. The van der Waals surface area contributed by atoms with Crippen molar-refractivity contribution < 1.29 is 14.1 Å². The van der Waals surface area contributed by atoms with Crippen LogP contribution in [-0.2, 0) is 17.8 Å². The molecule has 0 unspecified atom stereocenters. The molecule has 1 fully saturated rings. The molecule has 0 bridgehead atoms. The van der Waals surface area contributed by atoms with Gasteiger partial charge in [0.15, 0.2) is 0 Å². The Hall–Kier alpha value is -2.90. The number of nitrogens with zero attached hydrogens (tertiary/aromatic N) is 4. The number of hydrogen-bond acceptors (Lipinski definition) is 6. The molecular weight excluding hydrogens is 416 g/mol. The minimum atomic E-state index is 0.145. The molecule has 0 atom stereocenters. The average Bonchev–Trinajstić information content (AvgIpc) is 3.25. The van der Waals surface area contributed by atoms with Crippen LogP contribution in [0.5, 0.6) is 5.75 Å². The van der Waals surface area contributed by atoms with Crippen LogP contribution >= 0.6 is 11.6 Å². The van der Waals surface area contributed by atoms with Gasteiger partial charge in [0.05, 0.1) is 19.6 Å². The first kappa shape index (κ1) is 21.3. The molecule has 0 saturated carbocycles. The van der Waals surface area contributed by atoms with Crippen molar-refractivity contribution in [1.29, 1.82) is 0 Å². The summed E-state index contributed by atoms with van der Waals surface area (Å²) in [7, 11) is 0. The first-order valence-electron chi connectivity index (χ1n) is 10.4. The van der Waals surface area contributed by atoms with Crippen LogP contribution in [0.1, 0.15) is 18.4 Å². The highest BCUT2D eigenvalue weighted by atomic mass is 35.5. The van der Waals surface area contributed by atoms with Gasteiger partial charge in [0.2, 0.25) is 17.6 Å². The van der Waals surface area contributed by atoms with E-state index in [9.17, 15) is 4.79 Å². The lowest BCUT2D eigenvalue weighted by Crippen LogP contribution is -2.48. The molecule has 1 aliphatic heterocycles. The van der Waals surface area contributed by atoms with Crippen molar-refractivity contribution in [3.05, 3.63) is 65.0 Å². The van der Waals surface area contributed by atoms with Crippen molar-refractivity contribution in [2.75, 3.05) is 32.8 Å². The summed E-state index contributed by atoms with van der Waals surface area (Å²) < 4.78 is 10.9.